The summed E-state index contributed by atoms with van der Waals surface area (Å²) in [5.74, 6) is 1.39. The second kappa shape index (κ2) is 7.61. The van der Waals surface area contributed by atoms with Gasteiger partial charge in [0.25, 0.3) is 0 Å². The Balaban J connectivity index is 1.49. The standard InChI is InChI=1S/C22H22N2O2S/c1-3-26-18-8-9-19-17(13-18)12-15(2)22(23-19)27-14-21(25)24-11-10-16-6-4-5-7-20(16)24/h4-9,12-13H,3,10-11,14H2,1-2H3. The van der Waals surface area contributed by atoms with Crippen molar-refractivity contribution in [2.45, 2.75) is 25.3 Å². The fourth-order valence-electron chi connectivity index (χ4n) is 3.45. The highest BCUT2D eigenvalue weighted by Gasteiger charge is 2.24. The fourth-order valence-corrected chi connectivity index (χ4v) is 4.32. The molecule has 0 saturated heterocycles. The van der Waals surface area contributed by atoms with Gasteiger partial charge in [-0.1, -0.05) is 30.0 Å². The maximum Gasteiger partial charge on any atom is 0.237 e. The van der Waals surface area contributed by atoms with Crippen LogP contribution in [-0.2, 0) is 11.2 Å². The first kappa shape index (κ1) is 17.9. The number of ether oxygens (including phenoxy) is 1. The Hall–Kier alpha value is -2.53. The number of carbonyl (C=O) groups is 1. The predicted molar refractivity (Wildman–Crippen MR) is 111 cm³/mol. The molecule has 27 heavy (non-hydrogen) atoms. The summed E-state index contributed by atoms with van der Waals surface area (Å²) in [4.78, 5) is 19.4. The van der Waals surface area contributed by atoms with Gasteiger partial charge in [-0.15, -0.1) is 0 Å². The second-order valence-electron chi connectivity index (χ2n) is 6.61. The van der Waals surface area contributed by atoms with Crippen LogP contribution in [0.15, 0.2) is 53.6 Å². The average molecular weight is 378 g/mol. The number of hydrogen-bond donors (Lipinski definition) is 0. The lowest BCUT2D eigenvalue weighted by molar-refractivity contribution is -0.116. The number of aromatic nitrogens is 1. The summed E-state index contributed by atoms with van der Waals surface area (Å²) in [7, 11) is 0. The summed E-state index contributed by atoms with van der Waals surface area (Å²) >= 11 is 1.51. The lowest BCUT2D eigenvalue weighted by Crippen LogP contribution is -2.30. The minimum atomic E-state index is 0.137. The molecule has 1 amide bonds. The van der Waals surface area contributed by atoms with Crippen LogP contribution in [0.3, 0.4) is 0 Å². The second-order valence-corrected chi connectivity index (χ2v) is 7.57. The molecular weight excluding hydrogens is 356 g/mol. The molecule has 4 nitrogen and oxygen atoms in total. The van der Waals surface area contributed by atoms with Gasteiger partial charge in [0.2, 0.25) is 5.91 Å². The summed E-state index contributed by atoms with van der Waals surface area (Å²) in [6.45, 7) is 5.43. The van der Waals surface area contributed by atoms with E-state index < -0.39 is 0 Å². The molecule has 1 aromatic heterocycles. The van der Waals surface area contributed by atoms with Crippen LogP contribution in [0.5, 0.6) is 5.75 Å². The highest BCUT2D eigenvalue weighted by Crippen LogP contribution is 2.30. The van der Waals surface area contributed by atoms with Crippen LogP contribution >= 0.6 is 11.8 Å². The Bertz CT molecular complexity index is 1000. The molecule has 0 radical (unpaired) electrons. The molecule has 0 spiro atoms. The van der Waals surface area contributed by atoms with Crippen molar-refractivity contribution in [2.75, 3.05) is 23.8 Å². The molecule has 2 aromatic carbocycles. The first-order valence-electron chi connectivity index (χ1n) is 9.21. The van der Waals surface area contributed by atoms with Crippen LogP contribution in [0, 0.1) is 6.92 Å². The van der Waals surface area contributed by atoms with E-state index >= 15 is 0 Å². The number of fused-ring (bicyclic) bond motifs is 2. The minimum Gasteiger partial charge on any atom is -0.494 e. The van der Waals surface area contributed by atoms with Gasteiger partial charge in [-0.25, -0.2) is 4.98 Å². The topological polar surface area (TPSA) is 42.4 Å². The molecule has 0 unspecified atom stereocenters. The SMILES string of the molecule is CCOc1ccc2nc(SCC(=O)N3CCc4ccccc43)c(C)cc2c1. The maximum absolute atomic E-state index is 12.7. The van der Waals surface area contributed by atoms with Crippen LogP contribution in [-0.4, -0.2) is 29.8 Å². The van der Waals surface area contributed by atoms with Gasteiger partial charge in [-0.2, -0.15) is 0 Å². The highest BCUT2D eigenvalue weighted by atomic mass is 32.2. The minimum absolute atomic E-state index is 0.137. The predicted octanol–water partition coefficient (Wildman–Crippen LogP) is 4.62. The molecule has 1 aliphatic heterocycles. The molecule has 0 saturated carbocycles. The third kappa shape index (κ3) is 3.65. The Morgan fingerprint density at radius 1 is 1.22 bits per heavy atom. The zero-order valence-corrected chi connectivity index (χ0v) is 16.4. The van der Waals surface area contributed by atoms with Gasteiger partial charge in [0.15, 0.2) is 0 Å². The molecule has 2 heterocycles. The van der Waals surface area contributed by atoms with E-state index in [4.69, 9.17) is 9.72 Å². The largest absolute Gasteiger partial charge is 0.494 e. The summed E-state index contributed by atoms with van der Waals surface area (Å²) in [6, 6.07) is 16.2. The van der Waals surface area contributed by atoms with Crippen LogP contribution in [0.2, 0.25) is 0 Å². The lowest BCUT2D eigenvalue weighted by atomic mass is 10.1. The zero-order valence-electron chi connectivity index (χ0n) is 15.6. The van der Waals surface area contributed by atoms with Crippen molar-refractivity contribution < 1.29 is 9.53 Å². The number of nitrogens with zero attached hydrogens (tertiary/aromatic N) is 2. The molecule has 138 valence electrons. The highest BCUT2D eigenvalue weighted by molar-refractivity contribution is 8.00. The quantitative estimate of drug-likeness (QED) is 0.608. The molecule has 0 fully saturated rings. The number of carbonyl (C=O) groups excluding carboxylic acids is 1. The number of thioether (sulfide) groups is 1. The Labute approximate surface area is 163 Å². The van der Waals surface area contributed by atoms with E-state index in [1.54, 1.807) is 0 Å². The molecule has 0 aliphatic carbocycles. The molecule has 3 aromatic rings. The Morgan fingerprint density at radius 2 is 2.07 bits per heavy atom. The van der Waals surface area contributed by atoms with Gasteiger partial charge >= 0.3 is 0 Å². The van der Waals surface area contributed by atoms with E-state index in [0.29, 0.717) is 12.4 Å². The van der Waals surface area contributed by atoms with E-state index in [1.165, 1.54) is 17.3 Å². The molecule has 5 heteroatoms. The molecule has 1 aliphatic rings. The van der Waals surface area contributed by atoms with Gasteiger partial charge < -0.3 is 9.64 Å². The third-order valence-corrected chi connectivity index (χ3v) is 5.84. The summed E-state index contributed by atoms with van der Waals surface area (Å²) in [6.07, 6.45) is 0.933. The average Bonchev–Trinajstić information content (AvgIpc) is 3.10. The van der Waals surface area contributed by atoms with E-state index in [0.717, 1.165) is 45.9 Å². The van der Waals surface area contributed by atoms with Crippen molar-refractivity contribution in [3.8, 4) is 5.75 Å². The smallest absolute Gasteiger partial charge is 0.237 e. The maximum atomic E-state index is 12.7. The van der Waals surface area contributed by atoms with E-state index in [2.05, 4.69) is 12.1 Å². The number of anilines is 1. The Kier molecular flexibility index (Phi) is 5.03. The Morgan fingerprint density at radius 3 is 2.93 bits per heavy atom. The third-order valence-electron chi connectivity index (χ3n) is 4.76. The van der Waals surface area contributed by atoms with Crippen LogP contribution in [0.4, 0.5) is 5.69 Å². The molecular formula is C22H22N2O2S. The molecule has 0 N–H and O–H groups in total. The fraction of sp³-hybridized carbons (Fsp3) is 0.273. The van der Waals surface area contributed by atoms with Crippen molar-refractivity contribution in [3.05, 3.63) is 59.7 Å². The lowest BCUT2D eigenvalue weighted by Gasteiger charge is -2.17. The number of hydrogen-bond acceptors (Lipinski definition) is 4. The van der Waals surface area contributed by atoms with E-state index in [1.807, 2.05) is 55.1 Å². The number of rotatable bonds is 5. The van der Waals surface area contributed by atoms with Crippen LogP contribution in [0.25, 0.3) is 10.9 Å². The van der Waals surface area contributed by atoms with Crippen molar-refractivity contribution >= 4 is 34.3 Å². The molecule has 4 rings (SSSR count). The first-order valence-corrected chi connectivity index (χ1v) is 10.2. The molecule has 0 atom stereocenters. The van der Waals surface area contributed by atoms with Crippen molar-refractivity contribution in [3.63, 3.8) is 0 Å². The van der Waals surface area contributed by atoms with Gasteiger partial charge in [0.1, 0.15) is 10.8 Å². The zero-order chi connectivity index (χ0) is 18.8. The molecule has 0 bridgehead atoms. The van der Waals surface area contributed by atoms with Crippen LogP contribution < -0.4 is 9.64 Å². The number of aryl methyl sites for hydroxylation is 1. The number of benzene rings is 2. The summed E-state index contributed by atoms with van der Waals surface area (Å²) < 4.78 is 5.57. The monoisotopic (exact) mass is 378 g/mol. The normalized spacial score (nSPS) is 13.0. The van der Waals surface area contributed by atoms with E-state index in [9.17, 15) is 4.79 Å². The number of para-hydroxylation sites is 1. The van der Waals surface area contributed by atoms with Gasteiger partial charge in [-0.05, 0) is 61.7 Å². The van der Waals surface area contributed by atoms with Crippen LogP contribution in [0.1, 0.15) is 18.1 Å². The van der Waals surface area contributed by atoms with E-state index in [-0.39, 0.29) is 5.91 Å². The van der Waals surface area contributed by atoms with Gasteiger partial charge in [-0.3, -0.25) is 4.79 Å². The summed E-state index contributed by atoms with van der Waals surface area (Å²) in [5.41, 5.74) is 4.30. The van der Waals surface area contributed by atoms with Gasteiger partial charge in [0, 0.05) is 17.6 Å². The van der Waals surface area contributed by atoms with Crippen molar-refractivity contribution in [1.82, 2.24) is 4.98 Å². The van der Waals surface area contributed by atoms with Gasteiger partial charge in [0.05, 0.1) is 17.9 Å². The summed E-state index contributed by atoms with van der Waals surface area (Å²) in [5, 5.41) is 1.97. The van der Waals surface area contributed by atoms with Crippen molar-refractivity contribution in [1.29, 1.82) is 0 Å². The number of pyridine rings is 1. The number of amides is 1. The first-order chi connectivity index (χ1) is 13.2. The van der Waals surface area contributed by atoms with Crippen molar-refractivity contribution in [2.24, 2.45) is 0 Å².